The van der Waals surface area contributed by atoms with Crippen LogP contribution in [-0.2, 0) is 4.18 Å². The fraction of sp³-hybridized carbons (Fsp3) is 0.714. The molecule has 0 atom stereocenters. The molecule has 0 aliphatic carbocycles. The summed E-state index contributed by atoms with van der Waals surface area (Å²) < 4.78 is 5.16. The highest BCUT2D eigenvalue weighted by Gasteiger charge is 1.87. The van der Waals surface area contributed by atoms with Gasteiger partial charge in [0.2, 0.25) is 0 Å². The van der Waals surface area contributed by atoms with E-state index in [1.54, 1.807) is 10.8 Å². The Kier molecular flexibility index (Phi) is 9.42. The molecule has 0 aromatic rings. The molecule has 1 nitrogen and oxygen atoms in total. The first-order chi connectivity index (χ1) is 4.91. The van der Waals surface area contributed by atoms with Crippen molar-refractivity contribution < 1.29 is 4.18 Å². The van der Waals surface area contributed by atoms with Gasteiger partial charge in [0.05, 0.1) is 17.7 Å². The molecular formula is C7H12OS2. The van der Waals surface area contributed by atoms with E-state index in [2.05, 4.69) is 12.8 Å². The van der Waals surface area contributed by atoms with E-state index in [4.69, 9.17) is 10.6 Å². The molecule has 0 bridgehead atoms. The van der Waals surface area contributed by atoms with Crippen molar-refractivity contribution in [3.63, 3.8) is 0 Å². The van der Waals surface area contributed by atoms with Crippen molar-refractivity contribution in [2.45, 2.75) is 19.8 Å². The van der Waals surface area contributed by atoms with Gasteiger partial charge in [0.15, 0.2) is 0 Å². The molecule has 0 aliphatic rings. The standard InChI is InChI=1S/C7H12OS2/c1-3-5-6-7-8-10-9-4-2/h1H,4-7H2,2H3. The van der Waals surface area contributed by atoms with Gasteiger partial charge in [-0.3, -0.25) is 0 Å². The Hall–Kier alpha value is 0.220. The molecule has 0 radical (unpaired) electrons. The Morgan fingerprint density at radius 1 is 1.60 bits per heavy atom. The smallest absolute Gasteiger partial charge is 0.0633 e. The monoisotopic (exact) mass is 176 g/mol. The highest BCUT2D eigenvalue weighted by atomic mass is 33.1. The van der Waals surface area contributed by atoms with Gasteiger partial charge in [0, 0.05) is 12.2 Å². The minimum absolute atomic E-state index is 0.766. The van der Waals surface area contributed by atoms with Crippen LogP contribution in [0.15, 0.2) is 0 Å². The van der Waals surface area contributed by atoms with Gasteiger partial charge in [-0.25, -0.2) is 0 Å². The van der Waals surface area contributed by atoms with Gasteiger partial charge in [-0.05, 0) is 6.42 Å². The molecule has 0 rings (SSSR count). The van der Waals surface area contributed by atoms with Gasteiger partial charge in [0.1, 0.15) is 0 Å². The molecule has 0 N–H and O–H groups in total. The van der Waals surface area contributed by atoms with Gasteiger partial charge in [-0.2, -0.15) is 0 Å². The molecule has 0 saturated heterocycles. The van der Waals surface area contributed by atoms with Crippen molar-refractivity contribution in [1.29, 1.82) is 0 Å². The molecule has 3 heteroatoms. The third-order valence-corrected chi connectivity index (χ3v) is 2.64. The predicted octanol–water partition coefficient (Wildman–Crippen LogP) is 2.73. The first-order valence-corrected chi connectivity index (χ1v) is 5.50. The average molecular weight is 176 g/mol. The van der Waals surface area contributed by atoms with Crippen LogP contribution in [0.25, 0.3) is 0 Å². The quantitative estimate of drug-likeness (QED) is 0.266. The summed E-state index contributed by atoms with van der Waals surface area (Å²) in [5, 5.41) is 0. The van der Waals surface area contributed by atoms with Crippen LogP contribution < -0.4 is 0 Å². The van der Waals surface area contributed by atoms with Crippen molar-refractivity contribution in [2.75, 3.05) is 12.4 Å². The first kappa shape index (κ1) is 10.2. The minimum atomic E-state index is 0.766. The molecule has 0 saturated carbocycles. The SMILES string of the molecule is C#CCCCOSSCC. The molecule has 0 aliphatic heterocycles. The molecule has 0 heterocycles. The molecule has 10 heavy (non-hydrogen) atoms. The highest BCUT2D eigenvalue weighted by Crippen LogP contribution is 2.21. The third-order valence-electron chi connectivity index (χ3n) is 0.763. The maximum Gasteiger partial charge on any atom is 0.0633 e. The lowest BCUT2D eigenvalue weighted by molar-refractivity contribution is 0.373. The van der Waals surface area contributed by atoms with Crippen molar-refractivity contribution >= 4 is 21.9 Å². The normalized spacial score (nSPS) is 9.20. The summed E-state index contributed by atoms with van der Waals surface area (Å²) in [6.45, 7) is 2.87. The van der Waals surface area contributed by atoms with Crippen molar-refractivity contribution in [2.24, 2.45) is 0 Å². The molecule has 0 unspecified atom stereocenters. The van der Waals surface area contributed by atoms with Gasteiger partial charge >= 0.3 is 0 Å². The summed E-state index contributed by atoms with van der Waals surface area (Å²) in [6, 6.07) is 0. The Balaban J connectivity index is 2.72. The summed E-state index contributed by atoms with van der Waals surface area (Å²) in [7, 11) is 1.71. The second-order valence-corrected chi connectivity index (χ2v) is 3.90. The molecule has 0 fully saturated rings. The molecule has 58 valence electrons. The van der Waals surface area contributed by atoms with Crippen LogP contribution in [0.2, 0.25) is 0 Å². The van der Waals surface area contributed by atoms with E-state index < -0.39 is 0 Å². The Morgan fingerprint density at radius 2 is 2.40 bits per heavy atom. The molecule has 0 aromatic carbocycles. The van der Waals surface area contributed by atoms with Crippen molar-refractivity contribution in [3.8, 4) is 12.3 Å². The summed E-state index contributed by atoms with van der Waals surface area (Å²) in [5.74, 6) is 3.65. The molecular weight excluding hydrogens is 164 g/mol. The van der Waals surface area contributed by atoms with Gasteiger partial charge in [0.25, 0.3) is 0 Å². The Bertz CT molecular complexity index is 98.3. The predicted molar refractivity (Wildman–Crippen MR) is 49.7 cm³/mol. The zero-order valence-electron chi connectivity index (χ0n) is 6.13. The number of hydrogen-bond acceptors (Lipinski definition) is 3. The van der Waals surface area contributed by atoms with E-state index in [0.717, 1.165) is 25.2 Å². The first-order valence-electron chi connectivity index (χ1n) is 3.26. The number of rotatable bonds is 6. The second kappa shape index (κ2) is 9.22. The van der Waals surface area contributed by atoms with Crippen molar-refractivity contribution in [1.82, 2.24) is 0 Å². The van der Waals surface area contributed by atoms with Crippen LogP contribution in [0.5, 0.6) is 0 Å². The maximum absolute atomic E-state index is 5.16. The second-order valence-electron chi connectivity index (χ2n) is 1.60. The number of unbranched alkanes of at least 4 members (excludes halogenated alkanes) is 1. The van der Waals surface area contributed by atoms with Crippen LogP contribution >= 0.6 is 21.9 Å². The zero-order chi connectivity index (χ0) is 7.66. The van der Waals surface area contributed by atoms with Crippen LogP contribution in [0.4, 0.5) is 0 Å². The van der Waals surface area contributed by atoms with E-state index in [1.807, 2.05) is 0 Å². The number of terminal acetylenes is 1. The van der Waals surface area contributed by atoms with E-state index in [9.17, 15) is 0 Å². The third kappa shape index (κ3) is 8.22. The Labute approximate surface area is 70.9 Å². The largest absolute Gasteiger partial charge is 0.305 e. The Morgan fingerprint density at radius 3 is 3.00 bits per heavy atom. The van der Waals surface area contributed by atoms with Gasteiger partial charge in [-0.15, -0.1) is 12.3 Å². The van der Waals surface area contributed by atoms with E-state index in [-0.39, 0.29) is 0 Å². The van der Waals surface area contributed by atoms with E-state index in [1.165, 1.54) is 11.1 Å². The fourth-order valence-corrected chi connectivity index (χ4v) is 1.40. The average Bonchev–Trinajstić information content (AvgIpc) is 1.97. The van der Waals surface area contributed by atoms with Crippen molar-refractivity contribution in [3.05, 3.63) is 0 Å². The minimum Gasteiger partial charge on any atom is -0.305 e. The highest BCUT2D eigenvalue weighted by molar-refractivity contribution is 8.74. The molecule has 0 amide bonds. The summed E-state index contributed by atoms with van der Waals surface area (Å²) in [6.07, 6.45) is 6.83. The zero-order valence-corrected chi connectivity index (χ0v) is 7.76. The van der Waals surface area contributed by atoms with E-state index >= 15 is 0 Å². The summed E-state index contributed by atoms with van der Waals surface area (Å²) in [4.78, 5) is 0. The topological polar surface area (TPSA) is 9.23 Å². The molecule has 0 aromatic heterocycles. The number of hydrogen-bond donors (Lipinski definition) is 0. The fourth-order valence-electron chi connectivity index (χ4n) is 0.349. The van der Waals surface area contributed by atoms with E-state index in [0.29, 0.717) is 0 Å². The summed E-state index contributed by atoms with van der Waals surface area (Å²) >= 11 is 1.45. The van der Waals surface area contributed by atoms with Crippen LogP contribution in [0.1, 0.15) is 19.8 Å². The lowest BCUT2D eigenvalue weighted by Gasteiger charge is -1.96. The molecule has 0 spiro atoms. The lowest BCUT2D eigenvalue weighted by Crippen LogP contribution is -1.83. The lowest BCUT2D eigenvalue weighted by atomic mass is 10.3. The maximum atomic E-state index is 5.16. The van der Waals surface area contributed by atoms with Gasteiger partial charge < -0.3 is 4.18 Å². The summed E-state index contributed by atoms with van der Waals surface area (Å²) in [5.41, 5.74) is 0. The van der Waals surface area contributed by atoms with Crippen LogP contribution in [-0.4, -0.2) is 12.4 Å². The van der Waals surface area contributed by atoms with Gasteiger partial charge in [-0.1, -0.05) is 17.7 Å². The van der Waals surface area contributed by atoms with Crippen LogP contribution in [0.3, 0.4) is 0 Å². The van der Waals surface area contributed by atoms with Crippen LogP contribution in [0, 0.1) is 12.3 Å².